The molecule has 0 saturated heterocycles. The van der Waals surface area contributed by atoms with Crippen LogP contribution in [0.4, 0.5) is 10.2 Å². The van der Waals surface area contributed by atoms with Gasteiger partial charge in [-0.25, -0.2) is 9.37 Å². The first kappa shape index (κ1) is 19.5. The number of nitrogen functional groups attached to an aromatic ring is 1. The summed E-state index contributed by atoms with van der Waals surface area (Å²) in [6.07, 6.45) is 2.12. The fourth-order valence-electron chi connectivity index (χ4n) is 3.34. The molecule has 2 atom stereocenters. The lowest BCUT2D eigenvalue weighted by Crippen LogP contribution is -2.08. The summed E-state index contributed by atoms with van der Waals surface area (Å²) in [5.74, 6) is 0.0282. The van der Waals surface area contributed by atoms with Crippen molar-refractivity contribution >= 4 is 40.4 Å². The van der Waals surface area contributed by atoms with Crippen molar-refractivity contribution < 1.29 is 14.2 Å². The molecule has 8 heteroatoms. The molecule has 0 aliphatic heterocycles. The third-order valence-electron chi connectivity index (χ3n) is 4.73. The van der Waals surface area contributed by atoms with E-state index in [4.69, 9.17) is 33.7 Å². The van der Waals surface area contributed by atoms with Gasteiger partial charge in [-0.05, 0) is 43.2 Å². The second kappa shape index (κ2) is 7.52. The van der Waals surface area contributed by atoms with E-state index in [-0.39, 0.29) is 16.9 Å². The lowest BCUT2D eigenvalue weighted by molar-refractivity contribution is 0.187. The Balaban J connectivity index is 1.63. The van der Waals surface area contributed by atoms with E-state index in [0.717, 1.165) is 10.4 Å². The number of rotatable bonds is 4. The molecule has 0 radical (unpaired) electrons. The summed E-state index contributed by atoms with van der Waals surface area (Å²) in [5, 5.41) is 10.0. The maximum absolute atomic E-state index is 13.8. The number of thiophene rings is 1. The van der Waals surface area contributed by atoms with Gasteiger partial charge in [0.25, 0.3) is 0 Å². The van der Waals surface area contributed by atoms with Gasteiger partial charge in [0.15, 0.2) is 11.6 Å². The molecule has 0 spiro atoms. The topological polar surface area (TPSA) is 68.4 Å². The molecule has 28 heavy (non-hydrogen) atoms. The fourth-order valence-corrected chi connectivity index (χ4v) is 5.27. The second-order valence-electron chi connectivity index (χ2n) is 6.75. The largest absolute Gasteiger partial charge is 0.482 e. The van der Waals surface area contributed by atoms with Crippen LogP contribution in [0.1, 0.15) is 29.0 Å². The van der Waals surface area contributed by atoms with Crippen LogP contribution in [-0.2, 0) is 12.8 Å². The molecule has 1 aliphatic carbocycles. The number of nitrogens with two attached hydrogens (primary N) is 1. The van der Waals surface area contributed by atoms with Crippen LogP contribution in [0, 0.1) is 5.82 Å². The van der Waals surface area contributed by atoms with Crippen molar-refractivity contribution in [3.63, 3.8) is 0 Å². The van der Waals surface area contributed by atoms with Gasteiger partial charge >= 0.3 is 0 Å². The summed E-state index contributed by atoms with van der Waals surface area (Å²) < 4.78 is 19.8. The molecular weight excluding hydrogens is 422 g/mol. The van der Waals surface area contributed by atoms with Gasteiger partial charge in [0.2, 0.25) is 0 Å². The van der Waals surface area contributed by atoms with Crippen molar-refractivity contribution in [2.75, 3.05) is 5.73 Å². The lowest BCUT2D eigenvalue weighted by Gasteiger charge is -2.19. The summed E-state index contributed by atoms with van der Waals surface area (Å²) in [4.78, 5) is 6.45. The van der Waals surface area contributed by atoms with Crippen LogP contribution in [0.2, 0.25) is 10.0 Å². The van der Waals surface area contributed by atoms with Gasteiger partial charge < -0.3 is 15.6 Å². The van der Waals surface area contributed by atoms with Gasteiger partial charge in [0, 0.05) is 38.5 Å². The molecule has 0 bridgehead atoms. The summed E-state index contributed by atoms with van der Waals surface area (Å²) in [5.41, 5.74) is 8.37. The Hall–Kier alpha value is -1.86. The van der Waals surface area contributed by atoms with Crippen molar-refractivity contribution in [1.82, 2.24) is 4.98 Å². The summed E-state index contributed by atoms with van der Waals surface area (Å²) >= 11 is 13.9. The maximum atomic E-state index is 13.8. The zero-order valence-corrected chi connectivity index (χ0v) is 17.2. The summed E-state index contributed by atoms with van der Waals surface area (Å²) in [6, 6.07) is 6.52. The Morgan fingerprint density at radius 3 is 2.86 bits per heavy atom. The molecule has 0 amide bonds. The number of aliphatic hydroxyl groups is 1. The lowest BCUT2D eigenvalue weighted by atomic mass is 10.1. The molecule has 2 heterocycles. The van der Waals surface area contributed by atoms with Gasteiger partial charge in [0.1, 0.15) is 11.9 Å². The highest BCUT2D eigenvalue weighted by Crippen LogP contribution is 2.40. The quantitative estimate of drug-likeness (QED) is 0.532. The van der Waals surface area contributed by atoms with Crippen LogP contribution >= 0.6 is 34.5 Å². The molecule has 2 aromatic heterocycles. The number of benzene rings is 1. The highest BCUT2D eigenvalue weighted by molar-refractivity contribution is 7.15. The van der Waals surface area contributed by atoms with Gasteiger partial charge in [-0.2, -0.15) is 0 Å². The molecule has 1 aliphatic rings. The maximum Gasteiger partial charge on any atom is 0.166 e. The van der Waals surface area contributed by atoms with Crippen LogP contribution in [0.25, 0.3) is 10.4 Å². The van der Waals surface area contributed by atoms with E-state index < -0.39 is 11.9 Å². The standard InChI is InChI=1S/C20H17Cl2FN2O2S/c1-9(18-13(21)2-3-14(23)19(18)22)27-15-5-11(8-25-20(15)24)16-6-10-4-12(26)7-17(10)28-16/h2-3,5-6,8-9,12,26H,4,7H2,1H3,(H2,24,25). The summed E-state index contributed by atoms with van der Waals surface area (Å²) in [6.45, 7) is 1.72. The third kappa shape index (κ3) is 3.57. The predicted octanol–water partition coefficient (Wildman–Crippen LogP) is 5.44. The van der Waals surface area contributed by atoms with E-state index in [1.54, 1.807) is 30.5 Å². The number of nitrogens with zero attached hydrogens (tertiary/aromatic N) is 1. The fraction of sp³-hybridized carbons (Fsp3) is 0.250. The minimum absolute atomic E-state index is 0.0732. The van der Waals surface area contributed by atoms with Crippen molar-refractivity contribution in [1.29, 1.82) is 0 Å². The number of aliphatic hydroxyl groups excluding tert-OH is 1. The number of aromatic nitrogens is 1. The summed E-state index contributed by atoms with van der Waals surface area (Å²) in [7, 11) is 0. The second-order valence-corrected chi connectivity index (χ2v) is 8.67. The normalized spacial score (nSPS) is 16.8. The number of pyridine rings is 1. The zero-order valence-electron chi connectivity index (χ0n) is 14.9. The van der Waals surface area contributed by atoms with Crippen molar-refractivity contribution in [2.45, 2.75) is 32.0 Å². The first-order chi connectivity index (χ1) is 13.3. The SMILES string of the molecule is CC(Oc1cc(-c2cc3c(s2)CC(O)C3)cnc1N)c1c(Cl)ccc(F)c1Cl. The Bertz CT molecular complexity index is 1030. The highest BCUT2D eigenvalue weighted by atomic mass is 35.5. The van der Waals surface area contributed by atoms with E-state index in [0.29, 0.717) is 29.2 Å². The van der Waals surface area contributed by atoms with E-state index >= 15 is 0 Å². The first-order valence-electron chi connectivity index (χ1n) is 8.69. The molecule has 0 fully saturated rings. The molecule has 146 valence electrons. The minimum Gasteiger partial charge on any atom is -0.482 e. The van der Waals surface area contributed by atoms with Gasteiger partial charge in [-0.3, -0.25) is 0 Å². The molecule has 0 saturated carbocycles. The van der Waals surface area contributed by atoms with Gasteiger partial charge in [-0.15, -0.1) is 11.3 Å². The minimum atomic E-state index is -0.626. The number of anilines is 1. The van der Waals surface area contributed by atoms with Crippen LogP contribution in [0.3, 0.4) is 0 Å². The van der Waals surface area contributed by atoms with E-state index in [2.05, 4.69) is 11.1 Å². The molecule has 4 nitrogen and oxygen atoms in total. The number of halogens is 3. The van der Waals surface area contributed by atoms with Crippen molar-refractivity contribution in [3.05, 3.63) is 62.3 Å². The highest BCUT2D eigenvalue weighted by Gasteiger charge is 2.24. The van der Waals surface area contributed by atoms with Crippen LogP contribution in [0.5, 0.6) is 5.75 Å². The van der Waals surface area contributed by atoms with Crippen LogP contribution in [0.15, 0.2) is 30.5 Å². The van der Waals surface area contributed by atoms with Gasteiger partial charge in [-0.1, -0.05) is 23.2 Å². The Kier molecular flexibility index (Phi) is 5.22. The molecule has 2 unspecified atom stereocenters. The average molecular weight is 439 g/mol. The van der Waals surface area contributed by atoms with Crippen LogP contribution < -0.4 is 10.5 Å². The van der Waals surface area contributed by atoms with Crippen LogP contribution in [-0.4, -0.2) is 16.2 Å². The predicted molar refractivity (Wildman–Crippen MR) is 111 cm³/mol. The Morgan fingerprint density at radius 1 is 1.32 bits per heavy atom. The molecule has 3 N–H and O–H groups in total. The Labute approximate surface area is 175 Å². The number of hydrogen-bond donors (Lipinski definition) is 2. The number of ether oxygens (including phenoxy) is 1. The molecule has 3 aromatic rings. The van der Waals surface area contributed by atoms with E-state index in [1.807, 2.05) is 0 Å². The third-order valence-corrected chi connectivity index (χ3v) is 6.69. The van der Waals surface area contributed by atoms with Crippen molar-refractivity contribution in [3.8, 4) is 16.2 Å². The zero-order chi connectivity index (χ0) is 20.0. The van der Waals surface area contributed by atoms with Crippen molar-refractivity contribution in [2.24, 2.45) is 0 Å². The van der Waals surface area contributed by atoms with E-state index in [1.165, 1.54) is 22.6 Å². The van der Waals surface area contributed by atoms with Gasteiger partial charge in [0.05, 0.1) is 11.1 Å². The number of fused-ring (bicyclic) bond motifs is 1. The Morgan fingerprint density at radius 2 is 2.11 bits per heavy atom. The number of hydrogen-bond acceptors (Lipinski definition) is 5. The molecule has 1 aromatic carbocycles. The molecular formula is C20H17Cl2FN2O2S. The monoisotopic (exact) mass is 438 g/mol. The molecule has 4 rings (SSSR count). The average Bonchev–Trinajstić information content (AvgIpc) is 3.18. The van der Waals surface area contributed by atoms with E-state index in [9.17, 15) is 9.50 Å². The smallest absolute Gasteiger partial charge is 0.166 e. The first-order valence-corrected chi connectivity index (χ1v) is 10.3.